The lowest BCUT2D eigenvalue weighted by Crippen LogP contribution is -2.24. The summed E-state index contributed by atoms with van der Waals surface area (Å²) in [6.07, 6.45) is 4.69. The van der Waals surface area contributed by atoms with Gasteiger partial charge in [0.05, 0.1) is 4.92 Å². The molecule has 1 atom stereocenters. The zero-order chi connectivity index (χ0) is 14.7. The molecule has 0 radical (unpaired) electrons. The van der Waals surface area contributed by atoms with Gasteiger partial charge in [0.25, 0.3) is 5.69 Å². The maximum atomic E-state index is 11.2. The molecule has 1 amide bonds. The number of anilines is 1. The smallest absolute Gasteiger partial charge is 0.292 e. The number of nitrogens with zero attached hydrogens (tertiary/aromatic N) is 1. The maximum absolute atomic E-state index is 11.2. The minimum atomic E-state index is -0.587. The molecule has 1 unspecified atom stereocenters. The molecule has 2 rings (SSSR count). The van der Waals surface area contributed by atoms with E-state index in [1.54, 1.807) is 0 Å². The van der Waals surface area contributed by atoms with Crippen molar-refractivity contribution in [2.45, 2.75) is 38.6 Å². The first-order valence-electron chi connectivity index (χ1n) is 6.84. The van der Waals surface area contributed by atoms with Crippen LogP contribution in [0.25, 0.3) is 0 Å². The fourth-order valence-corrected chi connectivity index (χ4v) is 2.78. The molecule has 0 aliphatic heterocycles. The molecule has 0 spiro atoms. The number of amides is 1. The van der Waals surface area contributed by atoms with Gasteiger partial charge >= 0.3 is 0 Å². The first kappa shape index (κ1) is 14.3. The summed E-state index contributed by atoms with van der Waals surface area (Å²) in [7, 11) is 0. The third-order valence-corrected chi connectivity index (χ3v) is 3.97. The molecule has 6 nitrogen and oxygen atoms in total. The van der Waals surface area contributed by atoms with Crippen molar-refractivity contribution in [1.82, 2.24) is 0 Å². The maximum Gasteiger partial charge on any atom is 0.292 e. The summed E-state index contributed by atoms with van der Waals surface area (Å²) >= 11 is 0. The van der Waals surface area contributed by atoms with E-state index in [4.69, 9.17) is 5.73 Å². The normalized spacial score (nSPS) is 16.9. The summed E-state index contributed by atoms with van der Waals surface area (Å²) in [5, 5.41) is 14.2. The highest BCUT2D eigenvalue weighted by molar-refractivity contribution is 5.94. The van der Waals surface area contributed by atoms with Gasteiger partial charge in [0.1, 0.15) is 5.69 Å². The first-order valence-corrected chi connectivity index (χ1v) is 6.84. The Bertz CT molecular complexity index is 524. The average molecular weight is 277 g/mol. The van der Waals surface area contributed by atoms with Crippen molar-refractivity contribution in [2.75, 3.05) is 5.32 Å². The fourth-order valence-electron chi connectivity index (χ4n) is 2.78. The molecule has 0 aromatic heterocycles. The third kappa shape index (κ3) is 3.07. The summed E-state index contributed by atoms with van der Waals surface area (Å²) in [6, 6.07) is 4.31. The lowest BCUT2D eigenvalue weighted by molar-refractivity contribution is -0.384. The monoisotopic (exact) mass is 277 g/mol. The average Bonchev–Trinajstić information content (AvgIpc) is 2.92. The molecule has 0 heterocycles. The number of carbonyl (C=O) groups excluding carboxylic acids is 1. The van der Waals surface area contributed by atoms with Crippen molar-refractivity contribution >= 4 is 17.3 Å². The number of nitro groups is 1. The second kappa shape index (κ2) is 5.90. The molecule has 6 heteroatoms. The summed E-state index contributed by atoms with van der Waals surface area (Å²) < 4.78 is 0. The van der Waals surface area contributed by atoms with Crippen LogP contribution >= 0.6 is 0 Å². The molecule has 0 saturated heterocycles. The van der Waals surface area contributed by atoms with Crippen LogP contribution in [0.1, 0.15) is 43.0 Å². The summed E-state index contributed by atoms with van der Waals surface area (Å²) in [6.45, 7) is 2.02. The highest BCUT2D eigenvalue weighted by Gasteiger charge is 2.24. The molecule has 1 aliphatic rings. The summed E-state index contributed by atoms with van der Waals surface area (Å²) in [5.41, 5.74) is 5.84. The highest BCUT2D eigenvalue weighted by atomic mass is 16.6. The zero-order valence-corrected chi connectivity index (χ0v) is 11.5. The van der Waals surface area contributed by atoms with E-state index >= 15 is 0 Å². The van der Waals surface area contributed by atoms with Gasteiger partial charge in [-0.05, 0) is 37.8 Å². The molecule has 1 fully saturated rings. The quantitative estimate of drug-likeness (QED) is 0.638. The Morgan fingerprint density at radius 3 is 2.65 bits per heavy atom. The predicted octanol–water partition coefficient (Wildman–Crippen LogP) is 2.68. The number of rotatable bonds is 5. The number of hydrogen-bond donors (Lipinski definition) is 2. The zero-order valence-electron chi connectivity index (χ0n) is 11.5. The predicted molar refractivity (Wildman–Crippen MR) is 76.7 cm³/mol. The van der Waals surface area contributed by atoms with Crippen molar-refractivity contribution in [3.8, 4) is 0 Å². The van der Waals surface area contributed by atoms with Gasteiger partial charge in [0, 0.05) is 17.7 Å². The summed E-state index contributed by atoms with van der Waals surface area (Å²) in [4.78, 5) is 21.8. The number of hydrogen-bond acceptors (Lipinski definition) is 4. The minimum Gasteiger partial charge on any atom is -0.377 e. The minimum absolute atomic E-state index is 0.0279. The van der Waals surface area contributed by atoms with Crippen LogP contribution in [0.4, 0.5) is 11.4 Å². The molecule has 1 saturated carbocycles. The van der Waals surface area contributed by atoms with Gasteiger partial charge in [0.15, 0.2) is 0 Å². The van der Waals surface area contributed by atoms with E-state index < -0.39 is 10.8 Å². The van der Waals surface area contributed by atoms with Gasteiger partial charge in [-0.15, -0.1) is 0 Å². The molecular weight excluding hydrogens is 258 g/mol. The standard InChI is InChI=1S/C14H19N3O3/c1-9(10-4-2-3-5-10)16-12-8-11(14(15)18)6-7-13(12)17(19)20/h6-10,16H,2-5H2,1H3,(H2,15,18). The van der Waals surface area contributed by atoms with Crippen LogP contribution in [0.2, 0.25) is 0 Å². The molecule has 108 valence electrons. The van der Waals surface area contributed by atoms with E-state index in [9.17, 15) is 14.9 Å². The van der Waals surface area contributed by atoms with Gasteiger partial charge in [-0.25, -0.2) is 0 Å². The lowest BCUT2D eigenvalue weighted by Gasteiger charge is -2.21. The summed E-state index contributed by atoms with van der Waals surface area (Å²) in [5.74, 6) is -0.0664. The van der Waals surface area contributed by atoms with E-state index in [0.29, 0.717) is 11.6 Å². The topological polar surface area (TPSA) is 98.3 Å². The Kier molecular flexibility index (Phi) is 4.22. The van der Waals surface area contributed by atoms with Crippen LogP contribution in [-0.4, -0.2) is 16.9 Å². The molecule has 0 bridgehead atoms. The fraction of sp³-hybridized carbons (Fsp3) is 0.500. The van der Waals surface area contributed by atoms with Gasteiger partial charge in [0.2, 0.25) is 5.91 Å². The number of benzene rings is 1. The lowest BCUT2D eigenvalue weighted by atomic mass is 9.99. The second-order valence-corrected chi connectivity index (χ2v) is 5.33. The Balaban J connectivity index is 2.24. The molecule has 1 aromatic rings. The van der Waals surface area contributed by atoms with Crippen LogP contribution < -0.4 is 11.1 Å². The van der Waals surface area contributed by atoms with Crippen LogP contribution in [0.5, 0.6) is 0 Å². The van der Waals surface area contributed by atoms with Crippen molar-refractivity contribution in [3.05, 3.63) is 33.9 Å². The van der Waals surface area contributed by atoms with E-state index in [2.05, 4.69) is 5.32 Å². The van der Waals surface area contributed by atoms with E-state index in [1.807, 2.05) is 6.92 Å². The van der Waals surface area contributed by atoms with Gasteiger partial charge in [-0.1, -0.05) is 12.8 Å². The number of nitrogens with two attached hydrogens (primary N) is 1. The number of primary amides is 1. The van der Waals surface area contributed by atoms with Crippen LogP contribution in [0.3, 0.4) is 0 Å². The van der Waals surface area contributed by atoms with Gasteiger partial charge in [-0.2, -0.15) is 0 Å². The Morgan fingerprint density at radius 2 is 2.10 bits per heavy atom. The molecule has 1 aliphatic carbocycles. The highest BCUT2D eigenvalue weighted by Crippen LogP contribution is 2.32. The number of carbonyl (C=O) groups is 1. The Hall–Kier alpha value is -2.11. The van der Waals surface area contributed by atoms with Crippen molar-refractivity contribution in [1.29, 1.82) is 0 Å². The molecule has 3 N–H and O–H groups in total. The first-order chi connectivity index (χ1) is 9.49. The SMILES string of the molecule is CC(Nc1cc(C(N)=O)ccc1[N+](=O)[O-])C1CCCC1. The van der Waals surface area contributed by atoms with Crippen LogP contribution in [0, 0.1) is 16.0 Å². The van der Waals surface area contributed by atoms with Gasteiger partial charge < -0.3 is 11.1 Å². The Labute approximate surface area is 117 Å². The number of nitrogens with one attached hydrogen (secondary N) is 1. The molecule has 1 aromatic carbocycles. The van der Waals surface area contributed by atoms with Crippen molar-refractivity contribution in [3.63, 3.8) is 0 Å². The third-order valence-electron chi connectivity index (χ3n) is 3.97. The largest absolute Gasteiger partial charge is 0.377 e. The molecular formula is C14H19N3O3. The Morgan fingerprint density at radius 1 is 1.45 bits per heavy atom. The van der Waals surface area contributed by atoms with E-state index in [-0.39, 0.29) is 17.3 Å². The van der Waals surface area contributed by atoms with Crippen molar-refractivity contribution in [2.24, 2.45) is 11.7 Å². The second-order valence-electron chi connectivity index (χ2n) is 5.33. The molecule has 20 heavy (non-hydrogen) atoms. The van der Waals surface area contributed by atoms with E-state index in [0.717, 1.165) is 12.8 Å². The van der Waals surface area contributed by atoms with Crippen molar-refractivity contribution < 1.29 is 9.72 Å². The van der Waals surface area contributed by atoms with Crippen LogP contribution in [-0.2, 0) is 0 Å². The van der Waals surface area contributed by atoms with Crippen LogP contribution in [0.15, 0.2) is 18.2 Å². The van der Waals surface area contributed by atoms with Gasteiger partial charge in [-0.3, -0.25) is 14.9 Å². The number of nitro benzene ring substituents is 1. The van der Waals surface area contributed by atoms with E-state index in [1.165, 1.54) is 31.0 Å².